The summed E-state index contributed by atoms with van der Waals surface area (Å²) in [6.45, 7) is 3.01. The van der Waals surface area contributed by atoms with Gasteiger partial charge >= 0.3 is 5.97 Å². The van der Waals surface area contributed by atoms with Gasteiger partial charge in [-0.05, 0) is 37.7 Å². The smallest absolute Gasteiger partial charge is 0.324 e. The van der Waals surface area contributed by atoms with Crippen molar-refractivity contribution >= 4 is 29.3 Å². The van der Waals surface area contributed by atoms with E-state index in [4.69, 9.17) is 10.5 Å². The van der Waals surface area contributed by atoms with E-state index in [-0.39, 0.29) is 23.1 Å². The summed E-state index contributed by atoms with van der Waals surface area (Å²) in [6, 6.07) is 0. The lowest BCUT2D eigenvalue weighted by Crippen LogP contribution is -2.37. The van der Waals surface area contributed by atoms with Crippen molar-refractivity contribution in [3.05, 3.63) is 10.6 Å². The Morgan fingerprint density at radius 2 is 2.00 bits per heavy atom. The summed E-state index contributed by atoms with van der Waals surface area (Å²) in [5.41, 5.74) is 5.31. The Kier molecular flexibility index (Phi) is 5.42. The number of hydrogen-bond acceptors (Lipinski definition) is 7. The fourth-order valence-corrected chi connectivity index (χ4v) is 3.10. The maximum Gasteiger partial charge on any atom is 0.324 e. The van der Waals surface area contributed by atoms with Crippen LogP contribution in [0.4, 0.5) is 0 Å². The van der Waals surface area contributed by atoms with Crippen LogP contribution in [0.15, 0.2) is 0 Å². The van der Waals surface area contributed by atoms with Gasteiger partial charge in [0, 0.05) is 13.1 Å². The third-order valence-corrected chi connectivity index (χ3v) is 4.22. The van der Waals surface area contributed by atoms with Crippen LogP contribution in [-0.2, 0) is 14.3 Å². The number of rotatable bonds is 5. The van der Waals surface area contributed by atoms with Gasteiger partial charge in [0.2, 0.25) is 5.91 Å². The van der Waals surface area contributed by atoms with E-state index >= 15 is 0 Å². The number of carbonyl (C=O) groups excluding carboxylic acids is 3. The van der Waals surface area contributed by atoms with Crippen molar-refractivity contribution in [3.63, 3.8) is 0 Å². The number of nitrogens with zero attached hydrogens (tertiary/aromatic N) is 3. The van der Waals surface area contributed by atoms with Gasteiger partial charge in [0.15, 0.2) is 11.6 Å². The first-order chi connectivity index (χ1) is 10.6. The molecule has 22 heavy (non-hydrogen) atoms. The Hall–Kier alpha value is -2.03. The van der Waals surface area contributed by atoms with Crippen molar-refractivity contribution in [1.82, 2.24) is 14.5 Å². The van der Waals surface area contributed by atoms with Crippen LogP contribution in [0.3, 0.4) is 0 Å². The van der Waals surface area contributed by atoms with Gasteiger partial charge in [0.25, 0.3) is 5.91 Å². The van der Waals surface area contributed by atoms with E-state index < -0.39 is 17.8 Å². The summed E-state index contributed by atoms with van der Waals surface area (Å²) in [5.74, 6) is -3.33. The molecule has 2 rings (SSSR count). The van der Waals surface area contributed by atoms with Crippen LogP contribution < -0.4 is 5.73 Å². The number of primary amides is 1. The zero-order valence-corrected chi connectivity index (χ0v) is 13.1. The van der Waals surface area contributed by atoms with Gasteiger partial charge in [0.1, 0.15) is 0 Å². The van der Waals surface area contributed by atoms with Gasteiger partial charge in [-0.3, -0.25) is 14.4 Å². The summed E-state index contributed by atoms with van der Waals surface area (Å²) in [4.78, 5) is 37.9. The van der Waals surface area contributed by atoms with Gasteiger partial charge < -0.3 is 15.4 Å². The second kappa shape index (κ2) is 7.30. The number of nitrogens with two attached hydrogens (primary N) is 1. The van der Waals surface area contributed by atoms with Crippen LogP contribution in [0, 0.1) is 0 Å². The fraction of sp³-hybridized carbons (Fsp3) is 0.615. The molecule has 0 aliphatic carbocycles. The number of ether oxygens (including phenoxy) is 1. The molecule has 1 saturated heterocycles. The largest absolute Gasteiger partial charge is 0.465 e. The second-order valence-corrected chi connectivity index (χ2v) is 5.71. The van der Waals surface area contributed by atoms with Crippen molar-refractivity contribution in [2.75, 3.05) is 19.7 Å². The number of likely N-dealkylation sites (tertiary alicyclic amines) is 1. The van der Waals surface area contributed by atoms with Crippen molar-refractivity contribution in [3.8, 4) is 0 Å². The van der Waals surface area contributed by atoms with Crippen LogP contribution >= 0.6 is 11.5 Å². The average molecular weight is 326 g/mol. The SMILES string of the molecule is CCOC(=O)C(C(N)=O)c1snnc1C(=O)N1CCCCC1. The Morgan fingerprint density at radius 3 is 2.59 bits per heavy atom. The number of aromatic nitrogens is 2. The lowest BCUT2D eigenvalue weighted by atomic mass is 10.0. The van der Waals surface area contributed by atoms with Gasteiger partial charge in [-0.1, -0.05) is 4.49 Å². The number of hydrogen-bond donors (Lipinski definition) is 1. The minimum absolute atomic E-state index is 0.0174. The topological polar surface area (TPSA) is 115 Å². The molecule has 1 aliphatic rings. The van der Waals surface area contributed by atoms with E-state index in [0.717, 1.165) is 30.8 Å². The Morgan fingerprint density at radius 1 is 1.32 bits per heavy atom. The molecule has 0 spiro atoms. The van der Waals surface area contributed by atoms with Crippen LogP contribution in [-0.4, -0.2) is 52.0 Å². The molecule has 1 aromatic rings. The first kappa shape index (κ1) is 16.3. The van der Waals surface area contributed by atoms with E-state index in [2.05, 4.69) is 9.59 Å². The highest BCUT2D eigenvalue weighted by Gasteiger charge is 2.36. The molecule has 1 atom stereocenters. The first-order valence-corrected chi connectivity index (χ1v) is 7.91. The predicted molar refractivity (Wildman–Crippen MR) is 78.2 cm³/mol. The molecule has 0 bridgehead atoms. The molecule has 2 N–H and O–H groups in total. The average Bonchev–Trinajstić information content (AvgIpc) is 2.96. The fourth-order valence-electron chi connectivity index (χ4n) is 2.36. The lowest BCUT2D eigenvalue weighted by Gasteiger charge is -2.26. The van der Waals surface area contributed by atoms with Crippen molar-refractivity contribution in [2.45, 2.75) is 32.1 Å². The number of piperidine rings is 1. The maximum absolute atomic E-state index is 12.5. The molecular weight excluding hydrogens is 308 g/mol. The van der Waals surface area contributed by atoms with Gasteiger partial charge in [-0.15, -0.1) is 5.10 Å². The number of carbonyl (C=O) groups is 3. The first-order valence-electron chi connectivity index (χ1n) is 7.13. The van der Waals surface area contributed by atoms with Gasteiger partial charge in [0.05, 0.1) is 11.5 Å². The molecule has 0 saturated carbocycles. The summed E-state index contributed by atoms with van der Waals surface area (Å²) >= 11 is 0.822. The highest BCUT2D eigenvalue weighted by atomic mass is 32.1. The summed E-state index contributed by atoms with van der Waals surface area (Å²) < 4.78 is 8.57. The van der Waals surface area contributed by atoms with Crippen LogP contribution in [0.5, 0.6) is 0 Å². The molecule has 9 heteroatoms. The Balaban J connectivity index is 2.28. The van der Waals surface area contributed by atoms with Crippen molar-refractivity contribution < 1.29 is 19.1 Å². The zero-order valence-electron chi connectivity index (χ0n) is 12.3. The third kappa shape index (κ3) is 3.41. The van der Waals surface area contributed by atoms with Gasteiger partial charge in [-0.25, -0.2) is 0 Å². The highest BCUT2D eigenvalue weighted by Crippen LogP contribution is 2.26. The highest BCUT2D eigenvalue weighted by molar-refractivity contribution is 7.06. The maximum atomic E-state index is 12.5. The predicted octanol–water partition coefficient (Wildman–Crippen LogP) is 0.296. The number of amides is 2. The van der Waals surface area contributed by atoms with E-state index in [9.17, 15) is 14.4 Å². The summed E-state index contributed by atoms with van der Waals surface area (Å²) in [5, 5.41) is 3.80. The zero-order chi connectivity index (χ0) is 16.1. The third-order valence-electron chi connectivity index (χ3n) is 3.43. The normalized spacial score (nSPS) is 16.1. The quantitative estimate of drug-likeness (QED) is 0.614. The molecule has 0 aromatic carbocycles. The summed E-state index contributed by atoms with van der Waals surface area (Å²) in [7, 11) is 0. The minimum atomic E-state index is -1.34. The van der Waals surface area contributed by atoms with Crippen molar-refractivity contribution in [2.24, 2.45) is 5.73 Å². The lowest BCUT2D eigenvalue weighted by molar-refractivity contribution is -0.147. The van der Waals surface area contributed by atoms with E-state index in [1.165, 1.54) is 0 Å². The Labute approximate surface area is 131 Å². The number of esters is 1. The molecule has 0 radical (unpaired) electrons. The van der Waals surface area contributed by atoms with Crippen LogP contribution in [0.1, 0.15) is 47.5 Å². The molecule has 1 aromatic heterocycles. The van der Waals surface area contributed by atoms with E-state index in [1.54, 1.807) is 11.8 Å². The Bertz CT molecular complexity index is 568. The molecular formula is C13H18N4O4S. The molecule has 2 heterocycles. The van der Waals surface area contributed by atoms with Gasteiger partial charge in [-0.2, -0.15) is 0 Å². The summed E-state index contributed by atoms with van der Waals surface area (Å²) in [6.07, 6.45) is 2.93. The molecule has 120 valence electrons. The van der Waals surface area contributed by atoms with E-state index in [0.29, 0.717) is 13.1 Å². The van der Waals surface area contributed by atoms with Crippen LogP contribution in [0.2, 0.25) is 0 Å². The molecule has 1 fully saturated rings. The molecule has 1 unspecified atom stereocenters. The van der Waals surface area contributed by atoms with E-state index in [1.807, 2.05) is 0 Å². The molecule has 2 amide bonds. The van der Waals surface area contributed by atoms with Crippen molar-refractivity contribution in [1.29, 1.82) is 0 Å². The minimum Gasteiger partial charge on any atom is -0.465 e. The monoisotopic (exact) mass is 326 g/mol. The molecule has 8 nitrogen and oxygen atoms in total. The second-order valence-electron chi connectivity index (χ2n) is 4.93. The standard InChI is InChI=1S/C13H18N4O4S/c1-2-21-13(20)8(11(14)18)10-9(15-16-22-10)12(19)17-6-4-3-5-7-17/h8H,2-7H2,1H3,(H2,14,18). The molecule has 1 aliphatic heterocycles. The van der Waals surface area contributed by atoms with Crippen LogP contribution in [0.25, 0.3) is 0 Å².